The molecule has 0 rings (SSSR count). The Bertz CT molecular complexity index is 200. The highest BCUT2D eigenvalue weighted by Gasteiger charge is 2.14. The van der Waals surface area contributed by atoms with E-state index in [1.807, 2.05) is 13.8 Å². The predicted octanol–water partition coefficient (Wildman–Crippen LogP) is 0.839. The van der Waals surface area contributed by atoms with Gasteiger partial charge in [0.25, 0.3) is 0 Å². The maximum Gasteiger partial charge on any atom is 0.404 e. The zero-order chi connectivity index (χ0) is 11.8. The molecule has 0 unspecified atom stereocenters. The minimum atomic E-state index is -0.831. The largest absolute Gasteiger partial charge is 0.449 e. The third-order valence-electron chi connectivity index (χ3n) is 1.73. The number of hydrogen-bond donors (Lipinski definition) is 2. The van der Waals surface area contributed by atoms with Gasteiger partial charge in [0, 0.05) is 5.92 Å². The molecule has 6 nitrogen and oxygen atoms in total. The van der Waals surface area contributed by atoms with E-state index in [1.54, 1.807) is 0 Å². The van der Waals surface area contributed by atoms with Crippen molar-refractivity contribution in [2.45, 2.75) is 20.3 Å². The van der Waals surface area contributed by atoms with Gasteiger partial charge in [-0.2, -0.15) is 0 Å². The maximum atomic E-state index is 10.4. The second kappa shape index (κ2) is 6.92. The molecular formula is C9H18N2O4. The van der Waals surface area contributed by atoms with E-state index in [0.717, 1.165) is 6.42 Å². The summed E-state index contributed by atoms with van der Waals surface area (Å²) in [5.74, 6) is 0.341. The summed E-state index contributed by atoms with van der Waals surface area (Å²) in [5, 5.41) is 0. The Hall–Kier alpha value is -1.46. The Labute approximate surface area is 88.9 Å². The zero-order valence-corrected chi connectivity index (χ0v) is 9.06. The minimum absolute atomic E-state index is 0.0648. The summed E-state index contributed by atoms with van der Waals surface area (Å²) in [7, 11) is 0. The predicted molar refractivity (Wildman–Crippen MR) is 54.0 cm³/mol. The smallest absolute Gasteiger partial charge is 0.404 e. The van der Waals surface area contributed by atoms with Gasteiger partial charge >= 0.3 is 12.2 Å². The van der Waals surface area contributed by atoms with Gasteiger partial charge in [0.15, 0.2) is 0 Å². The number of carbonyl (C=O) groups is 2. The van der Waals surface area contributed by atoms with E-state index >= 15 is 0 Å². The molecule has 0 bridgehead atoms. The van der Waals surface area contributed by atoms with Gasteiger partial charge in [0.05, 0.1) is 13.2 Å². The third kappa shape index (κ3) is 8.86. The molecule has 6 heteroatoms. The van der Waals surface area contributed by atoms with Crippen molar-refractivity contribution < 1.29 is 19.1 Å². The first-order valence-electron chi connectivity index (χ1n) is 4.76. The van der Waals surface area contributed by atoms with Gasteiger partial charge in [0.1, 0.15) is 0 Å². The summed E-state index contributed by atoms with van der Waals surface area (Å²) < 4.78 is 9.29. The van der Waals surface area contributed by atoms with E-state index in [0.29, 0.717) is 5.92 Å². The molecule has 0 saturated carbocycles. The van der Waals surface area contributed by atoms with Crippen LogP contribution in [0.2, 0.25) is 0 Å². The molecule has 0 aromatic carbocycles. The van der Waals surface area contributed by atoms with Gasteiger partial charge in [-0.15, -0.1) is 0 Å². The van der Waals surface area contributed by atoms with Gasteiger partial charge in [-0.1, -0.05) is 13.8 Å². The first-order chi connectivity index (χ1) is 6.91. The van der Waals surface area contributed by atoms with E-state index in [4.69, 9.17) is 11.5 Å². The molecule has 0 aromatic rings. The highest BCUT2D eigenvalue weighted by Crippen LogP contribution is 2.12. The monoisotopic (exact) mass is 218 g/mol. The maximum absolute atomic E-state index is 10.4. The topological polar surface area (TPSA) is 105 Å². The molecule has 0 atom stereocenters. The number of hydrogen-bond acceptors (Lipinski definition) is 4. The Morgan fingerprint density at radius 2 is 1.47 bits per heavy atom. The minimum Gasteiger partial charge on any atom is -0.449 e. The van der Waals surface area contributed by atoms with Gasteiger partial charge in [-0.05, 0) is 12.3 Å². The Morgan fingerprint density at radius 1 is 1.07 bits per heavy atom. The molecule has 0 radical (unpaired) electrons. The normalized spacial score (nSPS) is 10.4. The highest BCUT2D eigenvalue weighted by atomic mass is 16.6. The van der Waals surface area contributed by atoms with Crippen LogP contribution in [0.15, 0.2) is 0 Å². The number of nitrogens with two attached hydrogens (primary N) is 2. The van der Waals surface area contributed by atoms with E-state index in [9.17, 15) is 9.59 Å². The molecular weight excluding hydrogens is 200 g/mol. The fraction of sp³-hybridized carbons (Fsp3) is 0.778. The van der Waals surface area contributed by atoms with Crippen LogP contribution in [0.4, 0.5) is 9.59 Å². The fourth-order valence-electron chi connectivity index (χ4n) is 1.25. The number of primary amides is 2. The van der Waals surface area contributed by atoms with Crippen molar-refractivity contribution in [3.05, 3.63) is 0 Å². The number of amides is 2. The van der Waals surface area contributed by atoms with E-state index < -0.39 is 12.2 Å². The molecule has 0 aliphatic rings. The summed E-state index contributed by atoms with van der Waals surface area (Å²) in [6.45, 7) is 4.31. The molecule has 4 N–H and O–H groups in total. The summed E-state index contributed by atoms with van der Waals surface area (Å²) in [5.41, 5.74) is 9.67. The molecule has 15 heavy (non-hydrogen) atoms. The molecule has 0 aliphatic heterocycles. The van der Waals surface area contributed by atoms with Crippen molar-refractivity contribution in [3.8, 4) is 0 Å². The lowest BCUT2D eigenvalue weighted by Crippen LogP contribution is -2.25. The van der Waals surface area contributed by atoms with E-state index in [2.05, 4.69) is 9.47 Å². The van der Waals surface area contributed by atoms with Crippen LogP contribution in [0.3, 0.4) is 0 Å². The van der Waals surface area contributed by atoms with Crippen molar-refractivity contribution in [2.75, 3.05) is 13.2 Å². The number of ether oxygens (including phenoxy) is 2. The van der Waals surface area contributed by atoms with E-state index in [-0.39, 0.29) is 19.1 Å². The van der Waals surface area contributed by atoms with Gasteiger partial charge in [-0.25, -0.2) is 9.59 Å². The quantitative estimate of drug-likeness (QED) is 0.689. The Morgan fingerprint density at radius 3 is 1.73 bits per heavy atom. The van der Waals surface area contributed by atoms with Crippen LogP contribution < -0.4 is 11.5 Å². The van der Waals surface area contributed by atoms with Crippen molar-refractivity contribution in [3.63, 3.8) is 0 Å². The Kier molecular flexibility index (Phi) is 6.24. The first-order valence-corrected chi connectivity index (χ1v) is 4.76. The van der Waals surface area contributed by atoms with Crippen LogP contribution in [0.1, 0.15) is 20.3 Å². The van der Waals surface area contributed by atoms with Gasteiger partial charge in [-0.3, -0.25) is 0 Å². The molecule has 0 fully saturated rings. The van der Waals surface area contributed by atoms with E-state index in [1.165, 1.54) is 0 Å². The van der Waals surface area contributed by atoms with Crippen LogP contribution in [-0.2, 0) is 9.47 Å². The molecule has 88 valence electrons. The molecule has 0 aromatic heterocycles. The molecule has 0 aliphatic carbocycles. The highest BCUT2D eigenvalue weighted by molar-refractivity contribution is 5.65. The summed E-state index contributed by atoms with van der Waals surface area (Å²) in [6.07, 6.45) is -0.897. The standard InChI is InChI=1S/C9H18N2O4/c1-6(2)3-7(4-14-8(10)12)5-15-9(11)13/h6-7H,3-5H2,1-2H3,(H2,10,12)(H2,11,13). The first kappa shape index (κ1) is 13.5. The van der Waals surface area contributed by atoms with Crippen molar-refractivity contribution >= 4 is 12.2 Å². The van der Waals surface area contributed by atoms with Crippen LogP contribution in [0, 0.1) is 11.8 Å². The second-order valence-corrected chi connectivity index (χ2v) is 3.76. The van der Waals surface area contributed by atoms with Crippen LogP contribution in [0.5, 0.6) is 0 Å². The molecule has 0 saturated heterocycles. The van der Waals surface area contributed by atoms with Crippen LogP contribution in [0.25, 0.3) is 0 Å². The average molecular weight is 218 g/mol. The van der Waals surface area contributed by atoms with Crippen molar-refractivity contribution in [2.24, 2.45) is 23.3 Å². The number of carbonyl (C=O) groups excluding carboxylic acids is 2. The summed E-state index contributed by atoms with van der Waals surface area (Å²) >= 11 is 0. The molecule has 0 spiro atoms. The lowest BCUT2D eigenvalue weighted by molar-refractivity contribution is 0.0857. The molecule has 0 heterocycles. The van der Waals surface area contributed by atoms with Crippen LogP contribution in [-0.4, -0.2) is 25.4 Å². The SMILES string of the molecule is CC(C)CC(COC(N)=O)COC(N)=O. The molecule has 2 amide bonds. The van der Waals surface area contributed by atoms with Crippen molar-refractivity contribution in [1.29, 1.82) is 0 Å². The summed E-state index contributed by atoms with van der Waals surface area (Å²) in [4.78, 5) is 20.8. The number of rotatable bonds is 6. The Balaban J connectivity index is 3.94. The van der Waals surface area contributed by atoms with Crippen LogP contribution >= 0.6 is 0 Å². The van der Waals surface area contributed by atoms with Gasteiger partial charge in [0.2, 0.25) is 0 Å². The lowest BCUT2D eigenvalue weighted by Gasteiger charge is -2.17. The summed E-state index contributed by atoms with van der Waals surface area (Å²) in [6, 6.07) is 0. The third-order valence-corrected chi connectivity index (χ3v) is 1.73. The zero-order valence-electron chi connectivity index (χ0n) is 9.06. The van der Waals surface area contributed by atoms with Gasteiger partial charge < -0.3 is 20.9 Å². The average Bonchev–Trinajstić information content (AvgIpc) is 2.08. The lowest BCUT2D eigenvalue weighted by atomic mass is 9.99. The fourth-order valence-corrected chi connectivity index (χ4v) is 1.25. The van der Waals surface area contributed by atoms with Crippen molar-refractivity contribution in [1.82, 2.24) is 0 Å². The second-order valence-electron chi connectivity index (χ2n) is 3.76.